The molecule has 0 aliphatic heterocycles. The summed E-state index contributed by atoms with van der Waals surface area (Å²) in [6, 6.07) is -0.569. The van der Waals surface area contributed by atoms with Gasteiger partial charge in [0, 0.05) is 0 Å². The number of carbonyl (C=O) groups is 2. The van der Waals surface area contributed by atoms with Gasteiger partial charge in [-0.2, -0.15) is 0 Å². The van der Waals surface area contributed by atoms with Crippen molar-refractivity contribution in [3.8, 4) is 0 Å². The van der Waals surface area contributed by atoms with E-state index in [2.05, 4.69) is 14.8 Å². The van der Waals surface area contributed by atoms with Crippen molar-refractivity contribution in [1.29, 1.82) is 0 Å². The van der Waals surface area contributed by atoms with Gasteiger partial charge in [-0.25, -0.2) is 19.3 Å². The molecule has 0 amide bonds. The van der Waals surface area contributed by atoms with Gasteiger partial charge in [-0.05, 0) is 13.3 Å². The second-order valence-corrected chi connectivity index (χ2v) is 3.22. The molecule has 0 radical (unpaired) electrons. The lowest BCUT2D eigenvalue weighted by Gasteiger charge is -2.12. The molecule has 0 aromatic carbocycles. The van der Waals surface area contributed by atoms with E-state index in [1.807, 2.05) is 6.92 Å². The van der Waals surface area contributed by atoms with Gasteiger partial charge < -0.3 is 9.47 Å². The van der Waals surface area contributed by atoms with Gasteiger partial charge in [-0.1, -0.05) is 6.92 Å². The predicted octanol–water partition coefficient (Wildman–Crippen LogP) is 0.579. The zero-order valence-electron chi connectivity index (χ0n) is 10.0. The normalized spacial score (nSPS) is 11.9. The maximum atomic E-state index is 11.6. The van der Waals surface area contributed by atoms with Crippen molar-refractivity contribution in [2.75, 3.05) is 13.7 Å². The molecule has 7 heteroatoms. The van der Waals surface area contributed by atoms with Crippen LogP contribution in [0.5, 0.6) is 0 Å². The minimum atomic E-state index is -0.637. The van der Waals surface area contributed by atoms with Crippen LogP contribution in [0.2, 0.25) is 0 Å². The van der Waals surface area contributed by atoms with E-state index >= 15 is 0 Å². The van der Waals surface area contributed by atoms with E-state index < -0.39 is 18.0 Å². The molecular weight excluding hydrogens is 226 g/mol. The molecule has 0 aliphatic rings. The number of ether oxygens (including phenoxy) is 2. The quantitative estimate of drug-likeness (QED) is 0.701. The predicted molar refractivity (Wildman–Crippen MR) is 57.3 cm³/mol. The fourth-order valence-electron chi connectivity index (χ4n) is 1.31. The zero-order valence-corrected chi connectivity index (χ0v) is 10.0. The summed E-state index contributed by atoms with van der Waals surface area (Å²) in [4.78, 5) is 26.5. The Balaban J connectivity index is 2.86. The van der Waals surface area contributed by atoms with Crippen LogP contribution in [0.3, 0.4) is 0 Å². The zero-order chi connectivity index (χ0) is 12.8. The average molecular weight is 241 g/mol. The number of hydrogen-bond acceptors (Lipinski definition) is 6. The van der Waals surface area contributed by atoms with E-state index in [1.54, 1.807) is 6.92 Å². The van der Waals surface area contributed by atoms with E-state index in [-0.39, 0.29) is 5.82 Å². The van der Waals surface area contributed by atoms with Crippen molar-refractivity contribution in [2.24, 2.45) is 0 Å². The van der Waals surface area contributed by atoms with Crippen molar-refractivity contribution >= 4 is 11.9 Å². The van der Waals surface area contributed by atoms with Crippen LogP contribution in [0, 0.1) is 0 Å². The molecular formula is C10H15N3O4. The number of methoxy groups -OCH3 is 1. The van der Waals surface area contributed by atoms with Gasteiger partial charge in [0.2, 0.25) is 0 Å². The van der Waals surface area contributed by atoms with Crippen molar-refractivity contribution in [2.45, 2.75) is 26.3 Å². The molecule has 0 saturated heterocycles. The molecule has 0 saturated carbocycles. The Kier molecular flexibility index (Phi) is 4.62. The smallest absolute Gasteiger partial charge is 0.377 e. The Morgan fingerprint density at radius 3 is 2.71 bits per heavy atom. The SMILES string of the molecule is CCOC(=O)C(CC)n1cnc(C(=O)OC)n1. The van der Waals surface area contributed by atoms with Gasteiger partial charge in [0.15, 0.2) is 6.04 Å². The van der Waals surface area contributed by atoms with Crippen LogP contribution in [0.1, 0.15) is 36.9 Å². The molecule has 94 valence electrons. The molecule has 17 heavy (non-hydrogen) atoms. The first-order valence-corrected chi connectivity index (χ1v) is 5.30. The fourth-order valence-corrected chi connectivity index (χ4v) is 1.31. The lowest BCUT2D eigenvalue weighted by atomic mass is 10.2. The van der Waals surface area contributed by atoms with Gasteiger partial charge in [0.1, 0.15) is 6.33 Å². The van der Waals surface area contributed by atoms with E-state index in [4.69, 9.17) is 4.74 Å². The number of nitrogens with zero attached hydrogens (tertiary/aromatic N) is 3. The monoisotopic (exact) mass is 241 g/mol. The van der Waals surface area contributed by atoms with Gasteiger partial charge in [-0.3, -0.25) is 0 Å². The van der Waals surface area contributed by atoms with Crippen molar-refractivity contribution in [1.82, 2.24) is 14.8 Å². The van der Waals surface area contributed by atoms with Crippen LogP contribution in [0.4, 0.5) is 0 Å². The Hall–Kier alpha value is -1.92. The third-order valence-corrected chi connectivity index (χ3v) is 2.14. The Labute approximate surface area is 98.7 Å². The summed E-state index contributed by atoms with van der Waals surface area (Å²) in [7, 11) is 1.24. The van der Waals surface area contributed by atoms with Gasteiger partial charge in [0.25, 0.3) is 5.82 Å². The Morgan fingerprint density at radius 2 is 2.18 bits per heavy atom. The third kappa shape index (κ3) is 3.02. The number of carbonyl (C=O) groups excluding carboxylic acids is 2. The van der Waals surface area contributed by atoms with Crippen LogP contribution in [-0.4, -0.2) is 40.4 Å². The molecule has 1 heterocycles. The standard InChI is InChI=1S/C10H15N3O4/c1-4-7(9(14)17-5-2)13-6-11-8(12-13)10(15)16-3/h6-7H,4-5H2,1-3H3. The Bertz CT molecular complexity index is 402. The largest absolute Gasteiger partial charge is 0.464 e. The van der Waals surface area contributed by atoms with E-state index in [9.17, 15) is 9.59 Å². The van der Waals surface area contributed by atoms with Gasteiger partial charge >= 0.3 is 11.9 Å². The lowest BCUT2D eigenvalue weighted by Crippen LogP contribution is -2.22. The highest BCUT2D eigenvalue weighted by molar-refractivity contribution is 5.84. The minimum Gasteiger partial charge on any atom is -0.464 e. The fraction of sp³-hybridized carbons (Fsp3) is 0.600. The molecule has 1 aromatic rings. The highest BCUT2D eigenvalue weighted by Crippen LogP contribution is 2.12. The first-order chi connectivity index (χ1) is 8.13. The Morgan fingerprint density at radius 1 is 1.47 bits per heavy atom. The summed E-state index contributed by atoms with van der Waals surface area (Å²) in [5.41, 5.74) is 0. The van der Waals surface area contributed by atoms with Crippen LogP contribution in [-0.2, 0) is 14.3 Å². The molecule has 1 atom stereocenters. The van der Waals surface area contributed by atoms with Crippen LogP contribution >= 0.6 is 0 Å². The highest BCUT2D eigenvalue weighted by atomic mass is 16.5. The number of aromatic nitrogens is 3. The lowest BCUT2D eigenvalue weighted by molar-refractivity contribution is -0.147. The van der Waals surface area contributed by atoms with Crippen LogP contribution < -0.4 is 0 Å². The highest BCUT2D eigenvalue weighted by Gasteiger charge is 2.22. The molecule has 7 nitrogen and oxygen atoms in total. The molecule has 1 unspecified atom stereocenters. The average Bonchev–Trinajstić information content (AvgIpc) is 2.79. The van der Waals surface area contributed by atoms with E-state index in [1.165, 1.54) is 18.1 Å². The molecule has 0 N–H and O–H groups in total. The van der Waals surface area contributed by atoms with Crippen molar-refractivity contribution in [3.05, 3.63) is 12.2 Å². The molecule has 1 rings (SSSR count). The third-order valence-electron chi connectivity index (χ3n) is 2.14. The number of esters is 2. The van der Waals surface area contributed by atoms with E-state index in [0.29, 0.717) is 13.0 Å². The van der Waals surface area contributed by atoms with Gasteiger partial charge in [-0.15, -0.1) is 5.10 Å². The second kappa shape index (κ2) is 5.97. The molecule has 1 aromatic heterocycles. The summed E-state index contributed by atoms with van der Waals surface area (Å²) in [6.07, 6.45) is 1.82. The summed E-state index contributed by atoms with van der Waals surface area (Å²) < 4.78 is 10.7. The van der Waals surface area contributed by atoms with Crippen molar-refractivity contribution in [3.63, 3.8) is 0 Å². The molecule has 0 bridgehead atoms. The number of hydrogen-bond donors (Lipinski definition) is 0. The maximum Gasteiger partial charge on any atom is 0.377 e. The summed E-state index contributed by atoms with van der Waals surface area (Å²) in [5, 5.41) is 3.89. The minimum absolute atomic E-state index is 0.0738. The molecule has 0 aliphatic carbocycles. The maximum absolute atomic E-state index is 11.6. The topological polar surface area (TPSA) is 83.3 Å². The molecule has 0 spiro atoms. The summed E-state index contributed by atoms with van der Waals surface area (Å²) >= 11 is 0. The van der Waals surface area contributed by atoms with E-state index in [0.717, 1.165) is 0 Å². The summed E-state index contributed by atoms with van der Waals surface area (Å²) in [6.45, 7) is 3.85. The van der Waals surface area contributed by atoms with Crippen LogP contribution in [0.25, 0.3) is 0 Å². The first-order valence-electron chi connectivity index (χ1n) is 5.30. The second-order valence-electron chi connectivity index (χ2n) is 3.22. The van der Waals surface area contributed by atoms with Crippen molar-refractivity contribution < 1.29 is 19.1 Å². The molecule has 0 fully saturated rings. The van der Waals surface area contributed by atoms with Crippen LogP contribution in [0.15, 0.2) is 6.33 Å². The number of rotatable bonds is 5. The van der Waals surface area contributed by atoms with Gasteiger partial charge in [0.05, 0.1) is 13.7 Å². The summed E-state index contributed by atoms with van der Waals surface area (Å²) in [5.74, 6) is -1.10. The first kappa shape index (κ1) is 13.1.